The summed E-state index contributed by atoms with van der Waals surface area (Å²) in [6, 6.07) is 8.47. The molecule has 0 bridgehead atoms. The molecule has 1 aromatic carbocycles. The molecule has 2 aromatic rings. The first-order valence-electron chi connectivity index (χ1n) is 8.02. The fourth-order valence-corrected chi connectivity index (χ4v) is 2.61. The third kappa shape index (κ3) is 5.66. The third-order valence-electron chi connectivity index (χ3n) is 3.72. The highest BCUT2D eigenvalue weighted by Crippen LogP contribution is 2.06. The molecule has 0 aliphatic rings. The number of amides is 2. The van der Waals surface area contributed by atoms with E-state index in [2.05, 4.69) is 23.3 Å². The van der Waals surface area contributed by atoms with Gasteiger partial charge in [0.15, 0.2) is 0 Å². The van der Waals surface area contributed by atoms with E-state index in [1.807, 2.05) is 6.07 Å². The highest BCUT2D eigenvalue weighted by molar-refractivity contribution is 7.80. The monoisotopic (exact) mass is 376 g/mol. The molecule has 7 nitrogen and oxygen atoms in total. The third-order valence-corrected chi connectivity index (χ3v) is 3.98. The van der Waals surface area contributed by atoms with Crippen molar-refractivity contribution < 1.29 is 23.9 Å². The number of thiol groups is 1. The van der Waals surface area contributed by atoms with Gasteiger partial charge in [0.05, 0.1) is 11.8 Å². The van der Waals surface area contributed by atoms with Crippen LogP contribution in [-0.4, -0.2) is 40.7 Å². The topological polar surface area (TPSA) is 109 Å². The lowest BCUT2D eigenvalue weighted by Crippen LogP contribution is -2.52. The van der Waals surface area contributed by atoms with Crippen molar-refractivity contribution in [3.05, 3.63) is 60.1 Å². The van der Waals surface area contributed by atoms with Crippen LogP contribution in [-0.2, 0) is 16.0 Å². The van der Waals surface area contributed by atoms with Gasteiger partial charge in [-0.15, -0.1) is 0 Å². The van der Waals surface area contributed by atoms with Gasteiger partial charge in [-0.2, -0.15) is 12.6 Å². The maximum Gasteiger partial charge on any atom is 0.326 e. The Bertz CT molecular complexity index is 733. The molecule has 2 atom stereocenters. The highest BCUT2D eigenvalue weighted by atomic mass is 32.1. The van der Waals surface area contributed by atoms with Crippen LogP contribution in [0.15, 0.2) is 53.3 Å². The lowest BCUT2D eigenvalue weighted by molar-refractivity contribution is -0.142. The van der Waals surface area contributed by atoms with Crippen LogP contribution in [0.5, 0.6) is 0 Å². The lowest BCUT2D eigenvalue weighted by atomic mass is 10.1. The second kappa shape index (κ2) is 9.67. The predicted octanol–water partition coefficient (Wildman–Crippen LogP) is 1.51. The van der Waals surface area contributed by atoms with Crippen molar-refractivity contribution in [2.75, 3.05) is 5.75 Å². The van der Waals surface area contributed by atoms with Crippen molar-refractivity contribution in [2.45, 2.75) is 24.9 Å². The molecule has 0 spiro atoms. The number of nitrogens with one attached hydrogen (secondary N) is 2. The summed E-state index contributed by atoms with van der Waals surface area (Å²) in [5, 5.41) is 14.5. The molecule has 2 amide bonds. The number of hydrogen-bond donors (Lipinski definition) is 4. The van der Waals surface area contributed by atoms with E-state index in [1.165, 1.54) is 18.6 Å². The van der Waals surface area contributed by atoms with Gasteiger partial charge in [0.2, 0.25) is 5.91 Å². The smallest absolute Gasteiger partial charge is 0.326 e. The number of carbonyl (C=O) groups excluding carboxylic acids is 2. The Hall–Kier alpha value is -2.74. The Labute approximate surface area is 156 Å². The number of aliphatic carboxylic acids is 1. The van der Waals surface area contributed by atoms with Gasteiger partial charge < -0.3 is 20.2 Å². The van der Waals surface area contributed by atoms with E-state index in [9.17, 15) is 19.5 Å². The summed E-state index contributed by atoms with van der Waals surface area (Å²) >= 11 is 4.10. The van der Waals surface area contributed by atoms with E-state index in [-0.39, 0.29) is 18.4 Å². The second-order valence-corrected chi connectivity index (χ2v) is 6.09. The van der Waals surface area contributed by atoms with Gasteiger partial charge in [0, 0.05) is 6.42 Å². The number of rotatable bonds is 9. The molecule has 26 heavy (non-hydrogen) atoms. The Morgan fingerprint density at radius 1 is 1.08 bits per heavy atom. The largest absolute Gasteiger partial charge is 0.480 e. The predicted molar refractivity (Wildman–Crippen MR) is 98.1 cm³/mol. The Morgan fingerprint density at radius 3 is 2.38 bits per heavy atom. The Kier molecular flexibility index (Phi) is 7.28. The van der Waals surface area contributed by atoms with Crippen LogP contribution in [0, 0.1) is 0 Å². The number of benzene rings is 1. The highest BCUT2D eigenvalue weighted by Gasteiger charge is 2.26. The van der Waals surface area contributed by atoms with Crippen LogP contribution in [0.25, 0.3) is 0 Å². The van der Waals surface area contributed by atoms with Crippen LogP contribution in [0.1, 0.15) is 22.3 Å². The average molecular weight is 376 g/mol. The fourth-order valence-electron chi connectivity index (χ4n) is 2.36. The van der Waals surface area contributed by atoms with Crippen molar-refractivity contribution in [1.82, 2.24) is 10.6 Å². The molecule has 1 heterocycles. The van der Waals surface area contributed by atoms with E-state index in [0.717, 1.165) is 5.56 Å². The molecule has 8 heteroatoms. The first kappa shape index (κ1) is 19.6. The van der Waals surface area contributed by atoms with Gasteiger partial charge in [0.25, 0.3) is 5.91 Å². The summed E-state index contributed by atoms with van der Waals surface area (Å²) in [7, 11) is 0. The number of furan rings is 1. The molecule has 3 N–H and O–H groups in total. The zero-order chi connectivity index (χ0) is 18.9. The second-order valence-electron chi connectivity index (χ2n) is 5.64. The van der Waals surface area contributed by atoms with Gasteiger partial charge in [-0.3, -0.25) is 9.59 Å². The quantitative estimate of drug-likeness (QED) is 0.496. The number of carbonyl (C=O) groups is 3. The van der Waals surface area contributed by atoms with Crippen LogP contribution < -0.4 is 10.6 Å². The molecule has 138 valence electrons. The lowest BCUT2D eigenvalue weighted by Gasteiger charge is -2.21. The van der Waals surface area contributed by atoms with E-state index in [1.54, 1.807) is 24.3 Å². The van der Waals surface area contributed by atoms with Crippen molar-refractivity contribution in [1.29, 1.82) is 0 Å². The van der Waals surface area contributed by atoms with Crippen molar-refractivity contribution in [3.8, 4) is 0 Å². The summed E-state index contributed by atoms with van der Waals surface area (Å²) in [6.45, 7) is 0. The molecule has 0 radical (unpaired) electrons. The zero-order valence-electron chi connectivity index (χ0n) is 13.9. The molecule has 1 aromatic heterocycles. The minimum absolute atomic E-state index is 0.144. The molecular formula is C18H20N2O5S. The van der Waals surface area contributed by atoms with Gasteiger partial charge in [-0.25, -0.2) is 4.79 Å². The molecular weight excluding hydrogens is 356 g/mol. The van der Waals surface area contributed by atoms with Gasteiger partial charge in [0.1, 0.15) is 18.3 Å². The Balaban J connectivity index is 2.03. The number of carboxylic acid groups (broad SMARTS) is 1. The zero-order valence-corrected chi connectivity index (χ0v) is 14.8. The standard InChI is InChI=1S/C18H20N2O5S/c21-16(13-6-8-25-11-13)19-14(7-9-26)17(22)20-15(18(23)24)10-12-4-2-1-3-5-12/h1-6,8,11,14-15,26H,7,9-10H2,(H,19,21)(H,20,22)(H,23,24)/t14?,15-/m1/s1. The van der Waals surface area contributed by atoms with E-state index in [4.69, 9.17) is 4.42 Å². The van der Waals surface area contributed by atoms with E-state index >= 15 is 0 Å². The number of hydrogen-bond acceptors (Lipinski definition) is 5. The van der Waals surface area contributed by atoms with Crippen LogP contribution in [0.2, 0.25) is 0 Å². The molecule has 2 rings (SSSR count). The fraction of sp³-hybridized carbons (Fsp3) is 0.278. The van der Waals surface area contributed by atoms with Crippen molar-refractivity contribution in [3.63, 3.8) is 0 Å². The summed E-state index contributed by atoms with van der Waals surface area (Å²) < 4.78 is 4.85. The minimum Gasteiger partial charge on any atom is -0.480 e. The Morgan fingerprint density at radius 2 is 1.81 bits per heavy atom. The van der Waals surface area contributed by atoms with Crippen LogP contribution >= 0.6 is 12.6 Å². The van der Waals surface area contributed by atoms with Crippen molar-refractivity contribution >= 4 is 30.4 Å². The first-order valence-corrected chi connectivity index (χ1v) is 8.65. The SMILES string of the molecule is O=C(NC(CCS)C(=O)N[C@H](Cc1ccccc1)C(=O)O)c1ccoc1. The molecule has 0 saturated carbocycles. The van der Waals surface area contributed by atoms with Crippen molar-refractivity contribution in [2.24, 2.45) is 0 Å². The summed E-state index contributed by atoms with van der Waals surface area (Å²) in [5.74, 6) is -1.84. The van der Waals surface area contributed by atoms with E-state index < -0.39 is 29.9 Å². The summed E-state index contributed by atoms with van der Waals surface area (Å²) in [5.41, 5.74) is 1.06. The molecule has 0 fully saturated rings. The number of carboxylic acids is 1. The molecule has 1 unspecified atom stereocenters. The normalized spacial score (nSPS) is 12.8. The molecule has 0 aliphatic carbocycles. The maximum atomic E-state index is 12.5. The maximum absolute atomic E-state index is 12.5. The van der Waals surface area contributed by atoms with Crippen LogP contribution in [0.4, 0.5) is 0 Å². The summed E-state index contributed by atoms with van der Waals surface area (Å²) in [4.78, 5) is 36.1. The minimum atomic E-state index is -1.15. The van der Waals surface area contributed by atoms with Gasteiger partial charge >= 0.3 is 5.97 Å². The molecule has 0 saturated heterocycles. The van der Waals surface area contributed by atoms with Crippen LogP contribution in [0.3, 0.4) is 0 Å². The molecule has 0 aliphatic heterocycles. The summed E-state index contributed by atoms with van der Waals surface area (Å²) in [6.07, 6.45) is 3.02. The van der Waals surface area contributed by atoms with Gasteiger partial charge in [-0.05, 0) is 23.8 Å². The van der Waals surface area contributed by atoms with Gasteiger partial charge in [-0.1, -0.05) is 30.3 Å². The average Bonchev–Trinajstić information content (AvgIpc) is 3.16. The van der Waals surface area contributed by atoms with E-state index in [0.29, 0.717) is 5.75 Å². The first-order chi connectivity index (χ1) is 12.5.